The summed E-state index contributed by atoms with van der Waals surface area (Å²) in [5.41, 5.74) is -1.37. The van der Waals surface area contributed by atoms with Gasteiger partial charge in [0.25, 0.3) is 0 Å². The number of nitriles is 1. The molecule has 0 aliphatic carbocycles. The van der Waals surface area contributed by atoms with Gasteiger partial charge in [-0.2, -0.15) is 18.9 Å². The van der Waals surface area contributed by atoms with Crippen molar-refractivity contribution in [1.29, 1.82) is 5.26 Å². The number of aldehydes is 2. The van der Waals surface area contributed by atoms with E-state index in [1.54, 1.807) is 0 Å². The largest absolute Gasteiger partial charge is 0.490 e. The van der Waals surface area contributed by atoms with Crippen molar-refractivity contribution in [1.82, 2.24) is 9.55 Å². The van der Waals surface area contributed by atoms with Gasteiger partial charge in [-0.3, -0.25) is 9.09 Å². The maximum Gasteiger partial charge on any atom is 0.490 e. The second kappa shape index (κ2) is 10.1. The number of rotatable bonds is 11. The van der Waals surface area contributed by atoms with Crippen LogP contribution in [0, 0.1) is 23.2 Å². The second-order valence-electron chi connectivity index (χ2n) is 6.80. The van der Waals surface area contributed by atoms with Crippen LogP contribution in [0.3, 0.4) is 0 Å². The number of hydrogen-bond acceptors (Lipinski definition) is 13. The van der Waals surface area contributed by atoms with E-state index in [1.165, 1.54) is 6.07 Å². The topological polar surface area (TPSA) is 288 Å². The van der Waals surface area contributed by atoms with Crippen molar-refractivity contribution in [2.24, 2.45) is 11.8 Å². The molecule has 0 radical (unpaired) electrons. The Labute approximate surface area is 193 Å². The summed E-state index contributed by atoms with van der Waals surface area (Å²) in [6, 6.07) is 2.47. The SMILES string of the molecule is N#C[C@@]1(n2ccc(N)nc2=O)O[C@](CF)(COP(=O)(O)OP(=O)(O)OP(=O)(O)O)[C@@H](C=O)[C@H]1C=O. The summed E-state index contributed by atoms with van der Waals surface area (Å²) in [6.45, 7) is -3.32. The predicted octanol–water partition coefficient (Wildman–Crippen LogP) is -1.29. The zero-order chi connectivity index (χ0) is 26.9. The molecule has 1 fully saturated rings. The molecule has 0 saturated carbocycles. The Morgan fingerprint density at radius 2 is 1.80 bits per heavy atom. The van der Waals surface area contributed by atoms with Crippen LogP contribution in [0.25, 0.3) is 0 Å². The Morgan fingerprint density at radius 1 is 1.20 bits per heavy atom. The van der Waals surface area contributed by atoms with Crippen LogP contribution < -0.4 is 11.4 Å². The van der Waals surface area contributed by atoms with Crippen LogP contribution in [-0.4, -0.2) is 60.6 Å². The number of phosphoric acid groups is 3. The molecule has 1 aromatic rings. The molecule has 1 aliphatic heterocycles. The van der Waals surface area contributed by atoms with Crippen LogP contribution >= 0.6 is 23.5 Å². The zero-order valence-electron chi connectivity index (χ0n) is 16.9. The minimum atomic E-state index is -5.94. The van der Waals surface area contributed by atoms with Gasteiger partial charge in [-0.25, -0.2) is 22.9 Å². The van der Waals surface area contributed by atoms with E-state index in [0.717, 1.165) is 12.3 Å². The van der Waals surface area contributed by atoms with Crippen LogP contribution in [0.4, 0.5) is 10.2 Å². The summed E-state index contributed by atoms with van der Waals surface area (Å²) < 4.78 is 65.6. The van der Waals surface area contributed by atoms with Gasteiger partial charge in [-0.15, -0.1) is 0 Å². The van der Waals surface area contributed by atoms with E-state index in [1.807, 2.05) is 0 Å². The van der Waals surface area contributed by atoms with E-state index in [4.69, 9.17) is 20.3 Å². The molecule has 194 valence electrons. The molecule has 22 heteroatoms. The Kier molecular flexibility index (Phi) is 8.34. The number of carbonyl (C=O) groups excluding carboxylic acids is 2. The third-order valence-electron chi connectivity index (χ3n) is 4.56. The quantitative estimate of drug-likeness (QED) is 0.154. The van der Waals surface area contributed by atoms with Crippen molar-refractivity contribution in [3.63, 3.8) is 0 Å². The lowest BCUT2D eigenvalue weighted by molar-refractivity contribution is -0.158. The summed E-state index contributed by atoms with van der Waals surface area (Å²) in [6.07, 6.45) is 0.768. The van der Waals surface area contributed by atoms with Crippen molar-refractivity contribution < 1.29 is 65.1 Å². The summed E-state index contributed by atoms with van der Waals surface area (Å²) in [5.74, 6) is -4.19. The van der Waals surface area contributed by atoms with Crippen LogP contribution in [0.5, 0.6) is 0 Å². The lowest BCUT2D eigenvalue weighted by Gasteiger charge is -2.31. The predicted molar refractivity (Wildman–Crippen MR) is 105 cm³/mol. The first kappa shape index (κ1) is 29.0. The number of halogens is 1. The first-order valence-electron chi connectivity index (χ1n) is 8.72. The van der Waals surface area contributed by atoms with Gasteiger partial charge < -0.3 is 39.6 Å². The maximum absolute atomic E-state index is 14.2. The number of nitrogens with two attached hydrogens (primary N) is 1. The lowest BCUT2D eigenvalue weighted by atomic mass is 9.80. The molecule has 0 amide bonds. The molecular weight excluding hydrogens is 548 g/mol. The number of ether oxygens (including phenoxy) is 1. The molecule has 0 aromatic carbocycles. The van der Waals surface area contributed by atoms with Crippen molar-refractivity contribution in [2.75, 3.05) is 19.0 Å². The van der Waals surface area contributed by atoms with Gasteiger partial charge in [-0.05, 0) is 6.07 Å². The molecular formula is C13H16FN4O14P3. The molecule has 2 heterocycles. The molecule has 6 atom stereocenters. The molecule has 2 unspecified atom stereocenters. The van der Waals surface area contributed by atoms with Crippen LogP contribution in [-0.2, 0) is 46.9 Å². The van der Waals surface area contributed by atoms with Gasteiger partial charge >= 0.3 is 29.2 Å². The first-order chi connectivity index (χ1) is 16.0. The molecule has 2 rings (SSSR count). The maximum atomic E-state index is 14.2. The smallest absolute Gasteiger partial charge is 0.383 e. The minimum absolute atomic E-state index is 0.0205. The Bertz CT molecular complexity index is 1250. The first-order valence-corrected chi connectivity index (χ1v) is 13.2. The molecule has 1 aromatic heterocycles. The number of anilines is 1. The van der Waals surface area contributed by atoms with Crippen molar-refractivity contribution in [3.05, 3.63) is 22.7 Å². The van der Waals surface area contributed by atoms with E-state index >= 15 is 0 Å². The third-order valence-corrected chi connectivity index (χ3v) is 8.34. The Morgan fingerprint density at radius 3 is 2.26 bits per heavy atom. The molecule has 0 spiro atoms. The highest BCUT2D eigenvalue weighted by Gasteiger charge is 2.66. The molecule has 35 heavy (non-hydrogen) atoms. The summed E-state index contributed by atoms with van der Waals surface area (Å²) in [5, 5.41) is 9.77. The fraction of sp³-hybridized carbons (Fsp3) is 0.462. The number of phosphoric ester groups is 1. The van der Waals surface area contributed by atoms with E-state index < -0.39 is 65.6 Å². The molecule has 1 saturated heterocycles. The fourth-order valence-corrected chi connectivity index (χ4v) is 6.28. The average Bonchev–Trinajstić information content (AvgIpc) is 3.00. The minimum Gasteiger partial charge on any atom is -0.383 e. The summed E-state index contributed by atoms with van der Waals surface area (Å²) in [7, 11) is -17.5. The van der Waals surface area contributed by atoms with Gasteiger partial charge in [0.2, 0.25) is 5.72 Å². The highest BCUT2D eigenvalue weighted by molar-refractivity contribution is 7.66. The lowest BCUT2D eigenvalue weighted by Crippen LogP contribution is -2.48. The van der Waals surface area contributed by atoms with Gasteiger partial charge in [0.15, 0.2) is 0 Å². The van der Waals surface area contributed by atoms with Crippen molar-refractivity contribution >= 4 is 41.9 Å². The van der Waals surface area contributed by atoms with Gasteiger partial charge in [0.05, 0.1) is 18.4 Å². The van der Waals surface area contributed by atoms with Gasteiger partial charge in [0.1, 0.15) is 36.7 Å². The van der Waals surface area contributed by atoms with Gasteiger partial charge in [-0.1, -0.05) is 0 Å². The standard InChI is InChI=1S/C13H16FN4O14P3/c14-5-12(7-29-34(25,26)32-35(27,28)31-33(22,23)24)8(3-19)9(4-20)13(6-15,30-12)18-2-1-10(16)17-11(18)21/h1-4,8-9H,5,7H2,(H,25,26)(H,27,28)(H2,16,17,21)(H2,22,23,24)/t8-,9+,12+,13+/m0/s1. The second-order valence-corrected chi connectivity index (χ2v) is 11.2. The Hall–Kier alpha value is -2.19. The van der Waals surface area contributed by atoms with E-state index in [0.29, 0.717) is 4.57 Å². The number of hydrogen-bond donors (Lipinski definition) is 5. The number of nitrogen functional groups attached to an aromatic ring is 1. The number of nitrogens with zero attached hydrogens (tertiary/aromatic N) is 3. The fourth-order valence-electron chi connectivity index (χ4n) is 3.21. The normalized spacial score (nSPS) is 30.1. The number of alkyl halides is 1. The molecule has 1 aliphatic rings. The van der Waals surface area contributed by atoms with Crippen molar-refractivity contribution in [3.8, 4) is 6.07 Å². The monoisotopic (exact) mass is 564 g/mol. The summed E-state index contributed by atoms with van der Waals surface area (Å²) >= 11 is 0. The van der Waals surface area contributed by atoms with Crippen molar-refractivity contribution in [2.45, 2.75) is 11.3 Å². The summed E-state index contributed by atoms with van der Waals surface area (Å²) in [4.78, 5) is 75.2. The number of carbonyl (C=O) groups is 2. The number of aromatic nitrogens is 2. The zero-order valence-corrected chi connectivity index (χ0v) is 19.6. The van der Waals surface area contributed by atoms with E-state index in [9.17, 15) is 47.5 Å². The van der Waals surface area contributed by atoms with E-state index in [-0.39, 0.29) is 18.4 Å². The van der Waals surface area contributed by atoms with Crippen LogP contribution in [0.15, 0.2) is 17.1 Å². The molecule has 6 N–H and O–H groups in total. The highest BCUT2D eigenvalue weighted by atomic mass is 31.3. The molecule has 0 bridgehead atoms. The third kappa shape index (κ3) is 6.15. The molecule has 18 nitrogen and oxygen atoms in total. The van der Waals surface area contributed by atoms with E-state index in [2.05, 4.69) is 18.1 Å². The Balaban J connectivity index is 2.47. The van der Waals surface area contributed by atoms with Crippen LogP contribution in [0.2, 0.25) is 0 Å². The van der Waals surface area contributed by atoms with Gasteiger partial charge in [0, 0.05) is 6.20 Å². The van der Waals surface area contributed by atoms with Crippen LogP contribution in [0.1, 0.15) is 0 Å². The highest BCUT2D eigenvalue weighted by Crippen LogP contribution is 2.66. The average molecular weight is 564 g/mol.